The first-order valence-electron chi connectivity index (χ1n) is 5.30. The second-order valence-corrected chi connectivity index (χ2v) is 5.60. The van der Waals surface area contributed by atoms with Crippen LogP contribution in [0, 0.1) is 6.92 Å². The first kappa shape index (κ1) is 14.0. The second-order valence-electron chi connectivity index (χ2n) is 3.75. The molecule has 0 fully saturated rings. The molecule has 0 aliphatic rings. The van der Waals surface area contributed by atoms with Crippen molar-refractivity contribution in [1.82, 2.24) is 9.97 Å². The molecular formula is C10H17N3O3S. The normalized spacial score (nSPS) is 13.6. The minimum Gasteiger partial charge on any atom is -0.380 e. The SMILES string of the molecule is CCOCC(Cc1ncc(C)cn1)S(N)(=O)=O. The van der Waals surface area contributed by atoms with E-state index in [1.807, 2.05) is 6.92 Å². The maximum absolute atomic E-state index is 11.4. The van der Waals surface area contributed by atoms with Crippen molar-refractivity contribution in [3.8, 4) is 0 Å². The number of aromatic nitrogens is 2. The Morgan fingerprint density at radius 3 is 2.47 bits per heavy atom. The summed E-state index contributed by atoms with van der Waals surface area (Å²) in [5, 5.41) is 4.33. The van der Waals surface area contributed by atoms with Crippen LogP contribution in [0.5, 0.6) is 0 Å². The van der Waals surface area contributed by atoms with Crippen LogP contribution in [0.2, 0.25) is 0 Å². The molecule has 0 aliphatic carbocycles. The lowest BCUT2D eigenvalue weighted by molar-refractivity contribution is 0.146. The molecule has 6 nitrogen and oxygen atoms in total. The molecule has 96 valence electrons. The van der Waals surface area contributed by atoms with E-state index in [0.717, 1.165) is 5.56 Å². The highest BCUT2D eigenvalue weighted by Crippen LogP contribution is 2.05. The second kappa shape index (κ2) is 6.04. The predicted octanol–water partition coefficient (Wildman–Crippen LogP) is 0.0211. The lowest BCUT2D eigenvalue weighted by Crippen LogP contribution is -2.35. The van der Waals surface area contributed by atoms with Gasteiger partial charge in [-0.1, -0.05) is 0 Å². The fourth-order valence-corrected chi connectivity index (χ4v) is 1.91. The molecule has 17 heavy (non-hydrogen) atoms. The van der Waals surface area contributed by atoms with Crippen molar-refractivity contribution in [2.45, 2.75) is 25.5 Å². The monoisotopic (exact) mass is 259 g/mol. The highest BCUT2D eigenvalue weighted by Gasteiger charge is 2.23. The van der Waals surface area contributed by atoms with E-state index in [4.69, 9.17) is 9.88 Å². The van der Waals surface area contributed by atoms with Crippen LogP contribution in [-0.2, 0) is 21.2 Å². The maximum Gasteiger partial charge on any atom is 0.214 e. The van der Waals surface area contributed by atoms with Gasteiger partial charge in [-0.05, 0) is 19.4 Å². The van der Waals surface area contributed by atoms with Crippen molar-refractivity contribution in [2.75, 3.05) is 13.2 Å². The number of ether oxygens (including phenoxy) is 1. The fourth-order valence-electron chi connectivity index (χ4n) is 1.25. The average Bonchev–Trinajstić information content (AvgIpc) is 2.25. The molecule has 1 aromatic rings. The van der Waals surface area contributed by atoms with Gasteiger partial charge in [-0.3, -0.25) is 0 Å². The van der Waals surface area contributed by atoms with Gasteiger partial charge in [-0.2, -0.15) is 0 Å². The van der Waals surface area contributed by atoms with Crippen molar-refractivity contribution >= 4 is 10.0 Å². The Hall–Kier alpha value is -1.05. The van der Waals surface area contributed by atoms with Gasteiger partial charge < -0.3 is 4.74 Å². The van der Waals surface area contributed by atoms with Gasteiger partial charge >= 0.3 is 0 Å². The Morgan fingerprint density at radius 2 is 2.00 bits per heavy atom. The van der Waals surface area contributed by atoms with Gasteiger partial charge in [-0.25, -0.2) is 23.5 Å². The van der Waals surface area contributed by atoms with E-state index in [-0.39, 0.29) is 13.0 Å². The van der Waals surface area contributed by atoms with Crippen LogP contribution in [0.1, 0.15) is 18.3 Å². The third-order valence-corrected chi connectivity index (χ3v) is 3.45. The molecule has 2 N–H and O–H groups in total. The molecular weight excluding hydrogens is 242 g/mol. The molecule has 0 saturated carbocycles. The quantitative estimate of drug-likeness (QED) is 0.777. The van der Waals surface area contributed by atoms with E-state index in [1.165, 1.54) is 0 Å². The van der Waals surface area contributed by atoms with Crippen LogP contribution in [0.3, 0.4) is 0 Å². The predicted molar refractivity (Wildman–Crippen MR) is 63.9 cm³/mol. The van der Waals surface area contributed by atoms with Crippen molar-refractivity contribution in [3.63, 3.8) is 0 Å². The van der Waals surface area contributed by atoms with Crippen LogP contribution >= 0.6 is 0 Å². The number of hydrogen-bond donors (Lipinski definition) is 1. The van der Waals surface area contributed by atoms with Gasteiger partial charge in [0.25, 0.3) is 0 Å². The van der Waals surface area contributed by atoms with E-state index < -0.39 is 15.3 Å². The van der Waals surface area contributed by atoms with Gasteiger partial charge in [-0.15, -0.1) is 0 Å². The zero-order valence-corrected chi connectivity index (χ0v) is 10.8. The van der Waals surface area contributed by atoms with Gasteiger partial charge in [0.15, 0.2) is 0 Å². The largest absolute Gasteiger partial charge is 0.380 e. The Labute approximate surface area is 101 Å². The molecule has 7 heteroatoms. The van der Waals surface area contributed by atoms with Crippen molar-refractivity contribution < 1.29 is 13.2 Å². The standard InChI is InChI=1S/C10H17N3O3S/c1-3-16-7-9(17(11,14)15)4-10-12-5-8(2)6-13-10/h5-6,9H,3-4,7H2,1-2H3,(H2,11,14,15). The van der Waals surface area contributed by atoms with Crippen LogP contribution in [-0.4, -0.2) is 36.8 Å². The first-order valence-corrected chi connectivity index (χ1v) is 6.91. The molecule has 0 aliphatic heterocycles. The van der Waals surface area contributed by atoms with E-state index in [9.17, 15) is 8.42 Å². The number of nitrogens with two attached hydrogens (primary N) is 1. The molecule has 1 rings (SSSR count). The molecule has 0 bridgehead atoms. The summed E-state index contributed by atoms with van der Waals surface area (Å²) in [5.41, 5.74) is 0.922. The maximum atomic E-state index is 11.4. The van der Waals surface area contributed by atoms with Crippen LogP contribution in [0.15, 0.2) is 12.4 Å². The van der Waals surface area contributed by atoms with E-state index in [1.54, 1.807) is 19.3 Å². The third kappa shape index (κ3) is 4.76. The van der Waals surface area contributed by atoms with E-state index in [0.29, 0.717) is 12.4 Å². The molecule has 1 atom stereocenters. The van der Waals surface area contributed by atoms with Gasteiger partial charge in [0.2, 0.25) is 10.0 Å². The summed E-state index contributed by atoms with van der Waals surface area (Å²) in [6.07, 6.45) is 3.45. The smallest absolute Gasteiger partial charge is 0.214 e. The Kier molecular flexibility index (Phi) is 4.98. The first-order chi connectivity index (χ1) is 7.93. The summed E-state index contributed by atoms with van der Waals surface area (Å²) in [6.45, 7) is 4.16. The molecule has 1 heterocycles. The highest BCUT2D eigenvalue weighted by molar-refractivity contribution is 7.89. The average molecular weight is 259 g/mol. The van der Waals surface area contributed by atoms with Crippen LogP contribution < -0.4 is 5.14 Å². The molecule has 1 aromatic heterocycles. The lowest BCUT2D eigenvalue weighted by Gasteiger charge is -2.13. The molecule has 0 saturated heterocycles. The molecule has 0 radical (unpaired) electrons. The Morgan fingerprint density at radius 1 is 1.41 bits per heavy atom. The highest BCUT2D eigenvalue weighted by atomic mass is 32.2. The topological polar surface area (TPSA) is 95.2 Å². The molecule has 1 unspecified atom stereocenters. The van der Waals surface area contributed by atoms with Crippen LogP contribution in [0.4, 0.5) is 0 Å². The zero-order chi connectivity index (χ0) is 12.9. The number of sulfonamides is 1. The summed E-state index contributed by atoms with van der Waals surface area (Å²) >= 11 is 0. The number of primary sulfonamides is 1. The Balaban J connectivity index is 2.76. The van der Waals surface area contributed by atoms with E-state index >= 15 is 0 Å². The molecule has 0 aromatic carbocycles. The zero-order valence-electron chi connectivity index (χ0n) is 9.96. The summed E-state index contributed by atoms with van der Waals surface area (Å²) in [6, 6.07) is 0. The van der Waals surface area contributed by atoms with Gasteiger partial charge in [0.05, 0.1) is 6.61 Å². The number of hydrogen-bond acceptors (Lipinski definition) is 5. The summed E-state index contributed by atoms with van der Waals surface area (Å²) < 4.78 is 27.8. The molecule has 0 spiro atoms. The summed E-state index contributed by atoms with van der Waals surface area (Å²) in [7, 11) is -3.65. The third-order valence-electron chi connectivity index (χ3n) is 2.22. The lowest BCUT2D eigenvalue weighted by atomic mass is 10.3. The van der Waals surface area contributed by atoms with Crippen molar-refractivity contribution in [2.24, 2.45) is 5.14 Å². The summed E-state index contributed by atoms with van der Waals surface area (Å²) in [4.78, 5) is 8.11. The number of nitrogens with zero attached hydrogens (tertiary/aromatic N) is 2. The minimum absolute atomic E-state index is 0.0621. The number of rotatable bonds is 6. The van der Waals surface area contributed by atoms with Crippen molar-refractivity contribution in [1.29, 1.82) is 0 Å². The Bertz CT molecular complexity index is 444. The molecule has 0 amide bonds. The fraction of sp³-hybridized carbons (Fsp3) is 0.600. The summed E-state index contributed by atoms with van der Waals surface area (Å²) in [5.74, 6) is 0.453. The minimum atomic E-state index is -3.65. The van der Waals surface area contributed by atoms with E-state index in [2.05, 4.69) is 9.97 Å². The van der Waals surface area contributed by atoms with Crippen molar-refractivity contribution in [3.05, 3.63) is 23.8 Å². The van der Waals surface area contributed by atoms with Crippen LogP contribution in [0.25, 0.3) is 0 Å². The van der Waals surface area contributed by atoms with Gasteiger partial charge in [0.1, 0.15) is 11.1 Å². The number of aryl methyl sites for hydroxylation is 1. The van der Waals surface area contributed by atoms with Gasteiger partial charge in [0, 0.05) is 25.4 Å².